The molecule has 4 heteroatoms. The van der Waals surface area contributed by atoms with Crippen molar-refractivity contribution in [3.8, 4) is 0 Å². The molecule has 2 atom stereocenters. The van der Waals surface area contributed by atoms with Crippen molar-refractivity contribution >= 4 is 30.7 Å². The molecule has 0 saturated heterocycles. The van der Waals surface area contributed by atoms with Gasteiger partial charge < -0.3 is 0 Å². The zero-order valence-electron chi connectivity index (χ0n) is 17.2. The van der Waals surface area contributed by atoms with E-state index in [0.717, 1.165) is 12.8 Å². The van der Waals surface area contributed by atoms with Gasteiger partial charge in [-0.15, -0.1) is 0 Å². The van der Waals surface area contributed by atoms with Gasteiger partial charge in [-0.25, -0.2) is 0 Å². The minimum absolute atomic E-state index is 0.435. The number of allylic oxidation sites excluding steroid dienone is 12. The molecule has 0 radical (unpaired) electrons. The summed E-state index contributed by atoms with van der Waals surface area (Å²) in [4.78, 5) is 0. The van der Waals surface area contributed by atoms with E-state index in [9.17, 15) is 0 Å². The van der Waals surface area contributed by atoms with Crippen LogP contribution in [0.1, 0.15) is 40.5 Å². The monoisotopic (exact) mass is 583 g/mol. The summed E-state index contributed by atoms with van der Waals surface area (Å²) in [5, 5.41) is 1.60. The SMILES string of the molecule is CCCC1=[C]([Hf]([Cl])[Cl])C2=CC=CC(=[Si](C)C)C(C)C2=C1C1=C(C)C=CC1C. The molecular formula is C23H29Cl2HfSi. The van der Waals surface area contributed by atoms with Gasteiger partial charge in [-0.05, 0) is 0 Å². The Morgan fingerprint density at radius 3 is 2.33 bits per heavy atom. The molecule has 0 amide bonds. The van der Waals surface area contributed by atoms with Crippen molar-refractivity contribution in [1.29, 1.82) is 0 Å². The first-order valence-corrected chi connectivity index (χ1v) is 23.1. The van der Waals surface area contributed by atoms with Crippen LogP contribution in [0.4, 0.5) is 0 Å². The van der Waals surface area contributed by atoms with Gasteiger partial charge in [0.2, 0.25) is 0 Å². The van der Waals surface area contributed by atoms with Crippen LogP contribution in [0.25, 0.3) is 0 Å². The number of halogens is 2. The molecule has 0 nitrogen and oxygen atoms in total. The molecule has 0 spiro atoms. The average Bonchev–Trinajstić information content (AvgIpc) is 3.01. The summed E-state index contributed by atoms with van der Waals surface area (Å²) in [5.41, 5.74) is 8.74. The Hall–Kier alpha value is -0.0230. The molecule has 0 fully saturated rings. The fourth-order valence-electron chi connectivity index (χ4n) is 4.77. The van der Waals surface area contributed by atoms with Crippen molar-refractivity contribution in [2.24, 2.45) is 11.8 Å². The van der Waals surface area contributed by atoms with Crippen LogP contribution in [-0.4, -0.2) is 13.6 Å². The molecule has 2 unspecified atom stereocenters. The van der Waals surface area contributed by atoms with Crippen LogP contribution in [0.3, 0.4) is 0 Å². The Kier molecular flexibility index (Phi) is 7.05. The number of rotatable bonds is 4. The third kappa shape index (κ3) is 3.89. The Bertz CT molecular complexity index is 874. The summed E-state index contributed by atoms with van der Waals surface area (Å²) in [6.07, 6.45) is 13.7. The van der Waals surface area contributed by atoms with E-state index in [4.69, 9.17) is 17.2 Å². The van der Waals surface area contributed by atoms with Gasteiger partial charge in [0.1, 0.15) is 0 Å². The summed E-state index contributed by atoms with van der Waals surface area (Å²) in [7, 11) is 13.0. The van der Waals surface area contributed by atoms with Gasteiger partial charge in [-0.2, -0.15) is 0 Å². The summed E-state index contributed by atoms with van der Waals surface area (Å²) in [6, 6.07) is 0. The van der Waals surface area contributed by atoms with Gasteiger partial charge in [0, 0.05) is 0 Å². The fourth-order valence-corrected chi connectivity index (χ4v) is 13.0. The van der Waals surface area contributed by atoms with E-state index in [0.29, 0.717) is 11.8 Å². The number of fused-ring (bicyclic) bond motifs is 1. The first-order valence-electron chi connectivity index (χ1n) is 9.91. The molecule has 3 aliphatic carbocycles. The second kappa shape index (κ2) is 8.77. The zero-order chi connectivity index (χ0) is 19.9. The second-order valence-corrected chi connectivity index (χ2v) is 22.0. The third-order valence-electron chi connectivity index (χ3n) is 5.92. The van der Waals surface area contributed by atoms with Gasteiger partial charge in [-0.3, -0.25) is 0 Å². The topological polar surface area (TPSA) is 0 Å². The van der Waals surface area contributed by atoms with Crippen molar-refractivity contribution in [3.63, 3.8) is 0 Å². The Morgan fingerprint density at radius 2 is 1.81 bits per heavy atom. The van der Waals surface area contributed by atoms with E-state index in [1.807, 2.05) is 0 Å². The van der Waals surface area contributed by atoms with E-state index >= 15 is 0 Å². The average molecular weight is 583 g/mol. The minimum atomic E-state index is -2.78. The first kappa shape index (κ1) is 21.7. The molecule has 27 heavy (non-hydrogen) atoms. The fraction of sp³-hybridized carbons (Fsp3) is 0.435. The number of hydrogen-bond donors (Lipinski definition) is 0. The predicted molar refractivity (Wildman–Crippen MR) is 121 cm³/mol. The molecule has 0 aromatic rings. The molecule has 0 heterocycles. The maximum absolute atomic E-state index is 6.78. The van der Waals surface area contributed by atoms with Crippen molar-refractivity contribution in [2.75, 3.05) is 0 Å². The second-order valence-electron chi connectivity index (χ2n) is 8.01. The van der Waals surface area contributed by atoms with Crippen molar-refractivity contribution in [1.82, 2.24) is 0 Å². The van der Waals surface area contributed by atoms with Crippen molar-refractivity contribution < 1.29 is 19.1 Å². The summed E-state index contributed by atoms with van der Waals surface area (Å²) in [5.74, 6) is 0.893. The zero-order valence-corrected chi connectivity index (χ0v) is 23.3. The quantitative estimate of drug-likeness (QED) is 0.302. The van der Waals surface area contributed by atoms with Crippen LogP contribution >= 0.6 is 17.2 Å². The molecule has 0 aromatic heterocycles. The standard InChI is InChI=1S/C23H29Si.2ClH.Hf/c1-7-9-18-14-19-10-8-11-20(24(5)6)17(4)22(19)23(18)21-15(2)12-13-16(21)3;;;/h8,10-13,15,17H,7,9H2,1-6H3;2*1H;/q;;;+2/p-2. The van der Waals surface area contributed by atoms with Crippen LogP contribution in [0, 0.1) is 11.8 Å². The van der Waals surface area contributed by atoms with Crippen molar-refractivity contribution in [2.45, 2.75) is 53.6 Å². The van der Waals surface area contributed by atoms with E-state index in [-0.39, 0.29) is 0 Å². The third-order valence-corrected chi connectivity index (χ3v) is 14.2. The predicted octanol–water partition coefficient (Wildman–Crippen LogP) is 7.44. The van der Waals surface area contributed by atoms with Crippen LogP contribution < -0.4 is 0 Å². The van der Waals surface area contributed by atoms with Crippen molar-refractivity contribution in [3.05, 3.63) is 67.1 Å². The Balaban J connectivity index is 2.36. The molecule has 0 aromatic carbocycles. The van der Waals surface area contributed by atoms with E-state index in [1.165, 1.54) is 36.8 Å². The molecule has 0 saturated carbocycles. The Morgan fingerprint density at radius 1 is 1.11 bits per heavy atom. The van der Waals surface area contributed by atoms with Crippen LogP contribution in [0.5, 0.6) is 0 Å². The van der Waals surface area contributed by atoms with Gasteiger partial charge in [0.05, 0.1) is 0 Å². The molecule has 143 valence electrons. The van der Waals surface area contributed by atoms with E-state index in [2.05, 4.69) is 71.2 Å². The molecule has 0 aliphatic heterocycles. The van der Waals surface area contributed by atoms with Gasteiger partial charge in [-0.1, -0.05) is 0 Å². The maximum atomic E-state index is 6.78. The summed E-state index contributed by atoms with van der Waals surface area (Å²) >= 11 is -2.78. The molecule has 3 rings (SSSR count). The molecular weight excluding hydrogens is 554 g/mol. The van der Waals surface area contributed by atoms with Gasteiger partial charge >= 0.3 is 182 Å². The van der Waals surface area contributed by atoms with Crippen LogP contribution in [0.15, 0.2) is 67.1 Å². The van der Waals surface area contributed by atoms with Crippen LogP contribution in [0.2, 0.25) is 13.1 Å². The van der Waals surface area contributed by atoms with Crippen LogP contribution in [-0.2, 0) is 19.1 Å². The van der Waals surface area contributed by atoms with E-state index < -0.39 is 27.5 Å². The van der Waals surface area contributed by atoms with Gasteiger partial charge in [0.25, 0.3) is 0 Å². The van der Waals surface area contributed by atoms with E-state index in [1.54, 1.807) is 5.17 Å². The first-order chi connectivity index (χ1) is 12.8. The number of hydrogen-bond acceptors (Lipinski definition) is 0. The molecule has 0 N–H and O–H groups in total. The normalized spacial score (nSPS) is 24.7. The van der Waals surface area contributed by atoms with Gasteiger partial charge in [0.15, 0.2) is 0 Å². The summed E-state index contributed by atoms with van der Waals surface area (Å²) < 4.78 is 1.35. The Labute approximate surface area is 181 Å². The summed E-state index contributed by atoms with van der Waals surface area (Å²) in [6.45, 7) is 14.0. The molecule has 0 bridgehead atoms. The molecule has 3 aliphatic rings.